The first-order chi connectivity index (χ1) is 8.66. The van der Waals surface area contributed by atoms with Crippen molar-refractivity contribution in [2.75, 3.05) is 5.32 Å². The summed E-state index contributed by atoms with van der Waals surface area (Å²) in [6, 6.07) is 8.80. The molecule has 0 saturated heterocycles. The van der Waals surface area contributed by atoms with Crippen molar-refractivity contribution in [2.45, 2.75) is 6.54 Å². The number of carbonyl (C=O) groups is 1. The monoisotopic (exact) mass is 306 g/mol. The highest BCUT2D eigenvalue weighted by atomic mass is 79.9. The number of nitrogens with zero attached hydrogens (tertiary/aromatic N) is 1. The average Bonchev–Trinajstić information content (AvgIpc) is 2.37. The second-order valence-electron chi connectivity index (χ2n) is 3.71. The summed E-state index contributed by atoms with van der Waals surface area (Å²) < 4.78 is 0.834. The van der Waals surface area contributed by atoms with Gasteiger partial charge in [-0.25, -0.2) is 4.79 Å². The van der Waals surface area contributed by atoms with Gasteiger partial charge in [0.1, 0.15) is 0 Å². The zero-order valence-corrected chi connectivity index (χ0v) is 11.0. The van der Waals surface area contributed by atoms with Crippen LogP contribution in [-0.2, 0) is 6.54 Å². The summed E-state index contributed by atoms with van der Waals surface area (Å²) in [6.07, 6.45) is 3.44. The summed E-state index contributed by atoms with van der Waals surface area (Å²) in [5, 5.41) is 12.2. The third-order valence-electron chi connectivity index (χ3n) is 2.42. The van der Waals surface area contributed by atoms with Gasteiger partial charge in [0.15, 0.2) is 0 Å². The molecule has 4 nitrogen and oxygen atoms in total. The Bertz CT molecular complexity index is 558. The number of aromatic nitrogens is 1. The zero-order valence-electron chi connectivity index (χ0n) is 9.43. The zero-order chi connectivity index (χ0) is 13.0. The lowest BCUT2D eigenvalue weighted by Gasteiger charge is -2.10. The Hall–Kier alpha value is -1.88. The molecular formula is C13H11BrN2O2. The Balaban J connectivity index is 2.18. The Labute approximate surface area is 113 Å². The topological polar surface area (TPSA) is 62.2 Å². The predicted molar refractivity (Wildman–Crippen MR) is 72.7 cm³/mol. The number of halogens is 1. The molecule has 1 heterocycles. The van der Waals surface area contributed by atoms with Crippen LogP contribution in [0.25, 0.3) is 0 Å². The van der Waals surface area contributed by atoms with E-state index >= 15 is 0 Å². The number of carboxylic acids is 1. The summed E-state index contributed by atoms with van der Waals surface area (Å²) in [5.41, 5.74) is 1.83. The standard InChI is InChI=1S/C13H11BrN2O2/c14-10-3-4-11(13(17)18)12(6-10)16-8-9-2-1-5-15-7-9/h1-7,16H,8H2,(H,17,18). The number of benzene rings is 1. The van der Waals surface area contributed by atoms with E-state index in [1.165, 1.54) is 0 Å². The van der Waals surface area contributed by atoms with E-state index in [1.807, 2.05) is 12.1 Å². The van der Waals surface area contributed by atoms with Crippen molar-refractivity contribution in [1.82, 2.24) is 4.98 Å². The highest BCUT2D eigenvalue weighted by Gasteiger charge is 2.09. The molecule has 2 rings (SSSR count). The maximum absolute atomic E-state index is 11.1. The van der Waals surface area contributed by atoms with Crippen molar-refractivity contribution in [3.05, 3.63) is 58.3 Å². The van der Waals surface area contributed by atoms with Gasteiger partial charge >= 0.3 is 5.97 Å². The molecule has 2 N–H and O–H groups in total. The minimum Gasteiger partial charge on any atom is -0.478 e. The quantitative estimate of drug-likeness (QED) is 0.911. The minimum atomic E-state index is -0.948. The van der Waals surface area contributed by atoms with E-state index in [0.29, 0.717) is 12.2 Å². The number of aromatic carboxylic acids is 1. The van der Waals surface area contributed by atoms with Crippen LogP contribution in [0, 0.1) is 0 Å². The van der Waals surface area contributed by atoms with E-state index in [-0.39, 0.29) is 5.56 Å². The lowest BCUT2D eigenvalue weighted by molar-refractivity contribution is 0.0698. The van der Waals surface area contributed by atoms with Crippen molar-refractivity contribution in [1.29, 1.82) is 0 Å². The molecule has 0 saturated carbocycles. The van der Waals surface area contributed by atoms with Crippen LogP contribution < -0.4 is 5.32 Å². The van der Waals surface area contributed by atoms with Crippen LogP contribution in [0.2, 0.25) is 0 Å². The molecule has 0 unspecified atom stereocenters. The van der Waals surface area contributed by atoms with Crippen LogP contribution in [0.4, 0.5) is 5.69 Å². The van der Waals surface area contributed by atoms with Crippen molar-refractivity contribution in [2.24, 2.45) is 0 Å². The molecule has 18 heavy (non-hydrogen) atoms. The molecule has 92 valence electrons. The molecular weight excluding hydrogens is 296 g/mol. The fourth-order valence-corrected chi connectivity index (χ4v) is 1.91. The van der Waals surface area contributed by atoms with E-state index in [2.05, 4.69) is 26.2 Å². The van der Waals surface area contributed by atoms with E-state index in [9.17, 15) is 4.79 Å². The third kappa shape index (κ3) is 3.07. The Morgan fingerprint density at radius 2 is 2.22 bits per heavy atom. The van der Waals surface area contributed by atoms with Gasteiger partial charge in [-0.2, -0.15) is 0 Å². The van der Waals surface area contributed by atoms with E-state index in [4.69, 9.17) is 5.11 Å². The third-order valence-corrected chi connectivity index (χ3v) is 2.91. The second-order valence-corrected chi connectivity index (χ2v) is 4.63. The molecule has 0 spiro atoms. The molecule has 0 aliphatic heterocycles. The number of hydrogen-bond donors (Lipinski definition) is 2. The van der Waals surface area contributed by atoms with Crippen LogP contribution in [0.15, 0.2) is 47.2 Å². The van der Waals surface area contributed by atoms with Gasteiger partial charge in [0.2, 0.25) is 0 Å². The largest absolute Gasteiger partial charge is 0.478 e. The number of nitrogens with one attached hydrogen (secondary N) is 1. The highest BCUT2D eigenvalue weighted by Crippen LogP contribution is 2.22. The Morgan fingerprint density at radius 3 is 2.89 bits per heavy atom. The first-order valence-electron chi connectivity index (χ1n) is 5.32. The first-order valence-corrected chi connectivity index (χ1v) is 6.12. The van der Waals surface area contributed by atoms with Gasteiger partial charge in [0.25, 0.3) is 0 Å². The van der Waals surface area contributed by atoms with Crippen LogP contribution in [-0.4, -0.2) is 16.1 Å². The minimum absolute atomic E-state index is 0.252. The van der Waals surface area contributed by atoms with Crippen LogP contribution in [0.1, 0.15) is 15.9 Å². The summed E-state index contributed by atoms with van der Waals surface area (Å²) in [7, 11) is 0. The van der Waals surface area contributed by atoms with E-state index in [1.54, 1.807) is 30.6 Å². The number of anilines is 1. The van der Waals surface area contributed by atoms with E-state index in [0.717, 1.165) is 10.0 Å². The van der Waals surface area contributed by atoms with Crippen LogP contribution in [0.3, 0.4) is 0 Å². The predicted octanol–water partition coefficient (Wildman–Crippen LogP) is 3.15. The summed E-state index contributed by atoms with van der Waals surface area (Å²) >= 11 is 3.33. The normalized spacial score (nSPS) is 10.1. The van der Waals surface area contributed by atoms with Crippen LogP contribution in [0.5, 0.6) is 0 Å². The SMILES string of the molecule is O=C(O)c1ccc(Br)cc1NCc1cccnc1. The van der Waals surface area contributed by atoms with Crippen molar-refractivity contribution in [3.63, 3.8) is 0 Å². The lowest BCUT2D eigenvalue weighted by Crippen LogP contribution is -2.06. The molecule has 0 bridgehead atoms. The molecule has 2 aromatic rings. The summed E-state index contributed by atoms with van der Waals surface area (Å²) in [4.78, 5) is 15.1. The van der Waals surface area contributed by atoms with Gasteiger partial charge in [0.05, 0.1) is 11.3 Å². The maximum Gasteiger partial charge on any atom is 0.337 e. The molecule has 0 amide bonds. The fourth-order valence-electron chi connectivity index (χ4n) is 1.55. The van der Waals surface area contributed by atoms with Gasteiger partial charge in [-0.3, -0.25) is 4.98 Å². The molecule has 0 radical (unpaired) electrons. The van der Waals surface area contributed by atoms with Gasteiger partial charge in [-0.1, -0.05) is 22.0 Å². The van der Waals surface area contributed by atoms with Gasteiger partial charge in [-0.15, -0.1) is 0 Å². The Morgan fingerprint density at radius 1 is 1.39 bits per heavy atom. The molecule has 0 fully saturated rings. The molecule has 0 atom stereocenters. The van der Waals surface area contributed by atoms with Crippen molar-refractivity contribution < 1.29 is 9.90 Å². The molecule has 1 aromatic carbocycles. The maximum atomic E-state index is 11.1. The van der Waals surface area contributed by atoms with Gasteiger partial charge in [-0.05, 0) is 29.8 Å². The number of rotatable bonds is 4. The van der Waals surface area contributed by atoms with E-state index < -0.39 is 5.97 Å². The molecule has 0 aliphatic carbocycles. The van der Waals surface area contributed by atoms with Crippen molar-refractivity contribution >= 4 is 27.6 Å². The molecule has 5 heteroatoms. The lowest BCUT2D eigenvalue weighted by atomic mass is 10.1. The van der Waals surface area contributed by atoms with Crippen LogP contribution >= 0.6 is 15.9 Å². The van der Waals surface area contributed by atoms with Crippen molar-refractivity contribution in [3.8, 4) is 0 Å². The number of hydrogen-bond acceptors (Lipinski definition) is 3. The number of carboxylic acid groups (broad SMARTS) is 1. The summed E-state index contributed by atoms with van der Waals surface area (Å²) in [5.74, 6) is -0.948. The van der Waals surface area contributed by atoms with Gasteiger partial charge < -0.3 is 10.4 Å². The second kappa shape index (κ2) is 5.64. The smallest absolute Gasteiger partial charge is 0.337 e. The summed E-state index contributed by atoms with van der Waals surface area (Å²) in [6.45, 7) is 0.532. The fraction of sp³-hybridized carbons (Fsp3) is 0.0769. The number of pyridine rings is 1. The molecule has 1 aromatic heterocycles. The highest BCUT2D eigenvalue weighted by molar-refractivity contribution is 9.10. The average molecular weight is 307 g/mol. The Kier molecular flexibility index (Phi) is 3.94. The first kappa shape index (κ1) is 12.6. The van der Waals surface area contributed by atoms with Gasteiger partial charge in [0, 0.05) is 23.4 Å². The molecule has 0 aliphatic rings.